The minimum Gasteiger partial charge on any atom is -0.329 e. The second-order valence-corrected chi connectivity index (χ2v) is 6.07. The first-order valence-corrected chi connectivity index (χ1v) is 7.56. The van der Waals surface area contributed by atoms with Gasteiger partial charge in [-0.1, -0.05) is 11.6 Å². The Bertz CT molecular complexity index is 287. The van der Waals surface area contributed by atoms with Crippen molar-refractivity contribution in [3.63, 3.8) is 0 Å². The maximum Gasteiger partial charge on any atom is 0.0316 e. The lowest BCUT2D eigenvalue weighted by atomic mass is 9.90. The van der Waals surface area contributed by atoms with Crippen LogP contribution in [0.25, 0.3) is 0 Å². The maximum absolute atomic E-state index is 6.05. The predicted molar refractivity (Wildman–Crippen MR) is 77.7 cm³/mol. The number of nitrogens with one attached hydrogen (secondary N) is 1. The summed E-state index contributed by atoms with van der Waals surface area (Å²) in [6.07, 6.45) is 11.3. The van der Waals surface area contributed by atoms with Crippen molar-refractivity contribution < 1.29 is 0 Å². The molecule has 1 fully saturated rings. The number of allylic oxidation sites excluding steroid dienone is 1. The zero-order valence-electron chi connectivity index (χ0n) is 11.9. The minimum atomic E-state index is 0.198. The molecule has 0 spiro atoms. The lowest BCUT2D eigenvalue weighted by molar-refractivity contribution is 0.284. The molecular formula is C15H29N3. The Kier molecular flexibility index (Phi) is 5.22. The molecule has 0 bridgehead atoms. The molecule has 2 aliphatic rings. The minimum absolute atomic E-state index is 0.198. The van der Waals surface area contributed by atoms with Crippen LogP contribution in [0.15, 0.2) is 11.6 Å². The molecule has 18 heavy (non-hydrogen) atoms. The van der Waals surface area contributed by atoms with E-state index in [4.69, 9.17) is 5.73 Å². The fraction of sp³-hybridized carbons (Fsp3) is 0.867. The molecule has 3 heteroatoms. The Morgan fingerprint density at radius 2 is 2.22 bits per heavy atom. The monoisotopic (exact) mass is 251 g/mol. The lowest BCUT2D eigenvalue weighted by Crippen LogP contribution is -2.52. The summed E-state index contributed by atoms with van der Waals surface area (Å²) in [6, 6.07) is 0. The summed E-state index contributed by atoms with van der Waals surface area (Å²) in [5.74, 6) is 0. The maximum atomic E-state index is 6.05. The van der Waals surface area contributed by atoms with Crippen LogP contribution >= 0.6 is 0 Å². The van der Waals surface area contributed by atoms with Crippen molar-refractivity contribution in [2.45, 2.75) is 50.5 Å². The van der Waals surface area contributed by atoms with E-state index in [0.717, 1.165) is 13.1 Å². The molecule has 2 rings (SSSR count). The topological polar surface area (TPSA) is 41.3 Å². The van der Waals surface area contributed by atoms with E-state index in [1.165, 1.54) is 58.0 Å². The van der Waals surface area contributed by atoms with Gasteiger partial charge in [0.1, 0.15) is 0 Å². The molecule has 1 aliphatic heterocycles. The van der Waals surface area contributed by atoms with E-state index in [2.05, 4.69) is 23.3 Å². The first kappa shape index (κ1) is 14.0. The highest BCUT2D eigenvalue weighted by Gasteiger charge is 2.29. The summed E-state index contributed by atoms with van der Waals surface area (Å²) in [4.78, 5) is 2.43. The van der Waals surface area contributed by atoms with Crippen molar-refractivity contribution in [1.29, 1.82) is 0 Å². The summed E-state index contributed by atoms with van der Waals surface area (Å²) in [5.41, 5.74) is 7.90. The molecular weight excluding hydrogens is 222 g/mol. The first-order chi connectivity index (χ1) is 8.74. The highest BCUT2D eigenvalue weighted by molar-refractivity contribution is 5.08. The SMILES string of the molecule is CN1CCCC(CN)(NCCC2=CCCC2)CC1. The molecule has 0 aromatic carbocycles. The number of hydrogen-bond acceptors (Lipinski definition) is 3. The van der Waals surface area contributed by atoms with E-state index in [1.807, 2.05) is 0 Å². The molecule has 1 aliphatic carbocycles. The van der Waals surface area contributed by atoms with E-state index < -0.39 is 0 Å². The van der Waals surface area contributed by atoms with Gasteiger partial charge in [-0.2, -0.15) is 0 Å². The van der Waals surface area contributed by atoms with Gasteiger partial charge in [0.05, 0.1) is 0 Å². The fourth-order valence-electron chi connectivity index (χ4n) is 3.23. The molecule has 0 aromatic heterocycles. The molecule has 1 unspecified atom stereocenters. The summed E-state index contributed by atoms with van der Waals surface area (Å²) >= 11 is 0. The van der Waals surface area contributed by atoms with Crippen LogP contribution in [0.5, 0.6) is 0 Å². The van der Waals surface area contributed by atoms with Crippen LogP contribution < -0.4 is 11.1 Å². The van der Waals surface area contributed by atoms with Gasteiger partial charge in [-0.05, 0) is 71.6 Å². The molecule has 3 nitrogen and oxygen atoms in total. The van der Waals surface area contributed by atoms with Gasteiger partial charge in [-0.15, -0.1) is 0 Å². The molecule has 0 aromatic rings. The van der Waals surface area contributed by atoms with E-state index >= 15 is 0 Å². The second-order valence-electron chi connectivity index (χ2n) is 6.07. The van der Waals surface area contributed by atoms with Crippen LogP contribution in [0.4, 0.5) is 0 Å². The number of nitrogens with two attached hydrogens (primary N) is 1. The van der Waals surface area contributed by atoms with Crippen LogP contribution in [0, 0.1) is 0 Å². The Morgan fingerprint density at radius 3 is 2.94 bits per heavy atom. The van der Waals surface area contributed by atoms with Crippen molar-refractivity contribution >= 4 is 0 Å². The first-order valence-electron chi connectivity index (χ1n) is 7.56. The highest BCUT2D eigenvalue weighted by Crippen LogP contribution is 2.23. The summed E-state index contributed by atoms with van der Waals surface area (Å²) in [5, 5.41) is 3.78. The molecule has 0 amide bonds. The summed E-state index contributed by atoms with van der Waals surface area (Å²) in [6.45, 7) is 4.27. The Balaban J connectivity index is 1.79. The van der Waals surface area contributed by atoms with Crippen molar-refractivity contribution in [1.82, 2.24) is 10.2 Å². The second kappa shape index (κ2) is 6.69. The van der Waals surface area contributed by atoms with E-state index in [-0.39, 0.29) is 5.54 Å². The molecule has 0 radical (unpaired) electrons. The molecule has 1 saturated heterocycles. The van der Waals surface area contributed by atoms with Crippen LogP contribution in [0.3, 0.4) is 0 Å². The molecule has 3 N–H and O–H groups in total. The molecule has 104 valence electrons. The van der Waals surface area contributed by atoms with Crippen LogP contribution in [0.2, 0.25) is 0 Å². The van der Waals surface area contributed by atoms with Crippen molar-refractivity contribution in [3.05, 3.63) is 11.6 Å². The van der Waals surface area contributed by atoms with E-state index in [0.29, 0.717) is 0 Å². The highest BCUT2D eigenvalue weighted by atomic mass is 15.1. The Hall–Kier alpha value is -0.380. The van der Waals surface area contributed by atoms with Gasteiger partial charge in [-0.3, -0.25) is 0 Å². The summed E-state index contributed by atoms with van der Waals surface area (Å²) in [7, 11) is 2.22. The standard InChI is InChI=1S/C15H29N3/c1-18-11-4-8-15(13-16,9-12-18)17-10-7-14-5-2-3-6-14/h5,17H,2-4,6-13,16H2,1H3. The zero-order chi connectivity index (χ0) is 12.8. The van der Waals surface area contributed by atoms with Gasteiger partial charge in [0.2, 0.25) is 0 Å². The van der Waals surface area contributed by atoms with Gasteiger partial charge in [-0.25, -0.2) is 0 Å². The van der Waals surface area contributed by atoms with Gasteiger partial charge >= 0.3 is 0 Å². The number of nitrogens with zero attached hydrogens (tertiary/aromatic N) is 1. The Labute approximate surface area is 112 Å². The predicted octanol–water partition coefficient (Wildman–Crippen LogP) is 1.89. The van der Waals surface area contributed by atoms with Crippen LogP contribution in [-0.2, 0) is 0 Å². The van der Waals surface area contributed by atoms with E-state index in [9.17, 15) is 0 Å². The van der Waals surface area contributed by atoms with Gasteiger partial charge in [0.15, 0.2) is 0 Å². The van der Waals surface area contributed by atoms with Gasteiger partial charge < -0.3 is 16.0 Å². The third-order valence-electron chi connectivity index (χ3n) is 4.64. The molecule has 1 atom stereocenters. The quantitative estimate of drug-likeness (QED) is 0.733. The van der Waals surface area contributed by atoms with Gasteiger partial charge in [0.25, 0.3) is 0 Å². The molecule has 0 saturated carbocycles. The lowest BCUT2D eigenvalue weighted by Gasteiger charge is -2.33. The zero-order valence-corrected chi connectivity index (χ0v) is 11.9. The van der Waals surface area contributed by atoms with Crippen LogP contribution in [0.1, 0.15) is 44.9 Å². The van der Waals surface area contributed by atoms with Crippen molar-refractivity contribution in [3.8, 4) is 0 Å². The third-order valence-corrected chi connectivity index (χ3v) is 4.64. The smallest absolute Gasteiger partial charge is 0.0316 e. The normalized spacial score (nSPS) is 30.2. The van der Waals surface area contributed by atoms with Gasteiger partial charge in [0, 0.05) is 12.1 Å². The largest absolute Gasteiger partial charge is 0.329 e. The van der Waals surface area contributed by atoms with Crippen molar-refractivity contribution in [2.75, 3.05) is 33.2 Å². The summed E-state index contributed by atoms with van der Waals surface area (Å²) < 4.78 is 0. The van der Waals surface area contributed by atoms with Crippen LogP contribution in [-0.4, -0.2) is 43.7 Å². The van der Waals surface area contributed by atoms with E-state index in [1.54, 1.807) is 5.57 Å². The third kappa shape index (κ3) is 3.81. The molecule has 1 heterocycles. The van der Waals surface area contributed by atoms with Crippen molar-refractivity contribution in [2.24, 2.45) is 5.73 Å². The Morgan fingerprint density at radius 1 is 1.33 bits per heavy atom. The number of hydrogen-bond donors (Lipinski definition) is 2. The number of rotatable bonds is 5. The fourth-order valence-corrected chi connectivity index (χ4v) is 3.23. The average molecular weight is 251 g/mol. The average Bonchev–Trinajstić information content (AvgIpc) is 2.81. The number of likely N-dealkylation sites (tertiary alicyclic amines) is 1.